The lowest BCUT2D eigenvalue weighted by molar-refractivity contribution is 0.165. The highest BCUT2D eigenvalue weighted by Gasteiger charge is 2.30. The van der Waals surface area contributed by atoms with E-state index in [0.29, 0.717) is 22.2 Å². The van der Waals surface area contributed by atoms with Crippen LogP contribution in [0.15, 0.2) is 53.0 Å². The molecule has 4 rings (SSSR count). The van der Waals surface area contributed by atoms with Crippen LogP contribution in [-0.2, 0) is 6.42 Å². The van der Waals surface area contributed by atoms with Gasteiger partial charge in [0, 0.05) is 17.9 Å². The highest BCUT2D eigenvalue weighted by molar-refractivity contribution is 9.10. The summed E-state index contributed by atoms with van der Waals surface area (Å²) in [6, 6.07) is 14.6. The van der Waals surface area contributed by atoms with Crippen LogP contribution in [0, 0.1) is 5.82 Å². The van der Waals surface area contributed by atoms with Crippen LogP contribution in [0.5, 0.6) is 0 Å². The summed E-state index contributed by atoms with van der Waals surface area (Å²) in [5.41, 5.74) is 2.81. The van der Waals surface area contributed by atoms with E-state index in [-0.39, 0.29) is 11.9 Å². The number of aliphatic hydroxyl groups excluding tert-OH is 1. The van der Waals surface area contributed by atoms with Crippen molar-refractivity contribution in [3.8, 4) is 0 Å². The first-order valence-electron chi connectivity index (χ1n) is 7.40. The van der Waals surface area contributed by atoms with Crippen molar-refractivity contribution < 1.29 is 9.50 Å². The number of hydrogen-bond donors (Lipinski definition) is 2. The molecule has 2 atom stereocenters. The SMILES string of the molecule is O[C@@H]1Cc2ccccc2[C@@H]1Nc1ccc2cc(Br)c(F)cc2n1. The first-order valence-corrected chi connectivity index (χ1v) is 8.19. The number of hydrogen-bond acceptors (Lipinski definition) is 3. The highest BCUT2D eigenvalue weighted by Crippen LogP contribution is 2.34. The Morgan fingerprint density at radius 2 is 2.00 bits per heavy atom. The molecule has 1 aliphatic carbocycles. The van der Waals surface area contributed by atoms with Crippen molar-refractivity contribution in [2.45, 2.75) is 18.6 Å². The van der Waals surface area contributed by atoms with Crippen molar-refractivity contribution in [1.82, 2.24) is 4.98 Å². The van der Waals surface area contributed by atoms with E-state index in [1.54, 1.807) is 6.07 Å². The van der Waals surface area contributed by atoms with Gasteiger partial charge in [0.15, 0.2) is 0 Å². The Hall–Kier alpha value is -1.98. The van der Waals surface area contributed by atoms with Gasteiger partial charge in [0.2, 0.25) is 0 Å². The molecule has 1 heterocycles. The number of fused-ring (bicyclic) bond motifs is 2. The van der Waals surface area contributed by atoms with Crippen LogP contribution in [0.2, 0.25) is 0 Å². The Morgan fingerprint density at radius 1 is 1.17 bits per heavy atom. The molecule has 0 radical (unpaired) electrons. The zero-order valence-corrected chi connectivity index (χ0v) is 13.7. The van der Waals surface area contributed by atoms with Crippen LogP contribution in [0.25, 0.3) is 10.9 Å². The molecule has 116 valence electrons. The van der Waals surface area contributed by atoms with Gasteiger partial charge in [-0.3, -0.25) is 0 Å². The van der Waals surface area contributed by atoms with E-state index >= 15 is 0 Å². The van der Waals surface area contributed by atoms with Crippen LogP contribution < -0.4 is 5.32 Å². The fourth-order valence-corrected chi connectivity index (χ4v) is 3.47. The van der Waals surface area contributed by atoms with Gasteiger partial charge in [0.05, 0.1) is 22.1 Å². The van der Waals surface area contributed by atoms with Gasteiger partial charge < -0.3 is 10.4 Å². The van der Waals surface area contributed by atoms with E-state index in [1.165, 1.54) is 6.07 Å². The first-order chi connectivity index (χ1) is 11.1. The molecule has 0 fully saturated rings. The largest absolute Gasteiger partial charge is 0.390 e. The van der Waals surface area contributed by atoms with Gasteiger partial charge in [-0.15, -0.1) is 0 Å². The molecule has 3 aromatic rings. The first kappa shape index (κ1) is 14.6. The van der Waals surface area contributed by atoms with E-state index in [1.807, 2.05) is 36.4 Å². The normalized spacial score (nSPS) is 19.8. The summed E-state index contributed by atoms with van der Waals surface area (Å²) in [6.07, 6.45) is 0.134. The molecule has 0 unspecified atom stereocenters. The third kappa shape index (κ3) is 2.60. The monoisotopic (exact) mass is 372 g/mol. The van der Waals surface area contributed by atoms with Crippen molar-refractivity contribution >= 4 is 32.7 Å². The number of nitrogens with one attached hydrogen (secondary N) is 1. The molecule has 0 aliphatic heterocycles. The van der Waals surface area contributed by atoms with Crippen molar-refractivity contribution in [2.24, 2.45) is 0 Å². The van der Waals surface area contributed by atoms with E-state index in [0.717, 1.165) is 16.5 Å². The molecule has 1 aliphatic rings. The molecule has 2 N–H and O–H groups in total. The smallest absolute Gasteiger partial charge is 0.139 e. The maximum atomic E-state index is 13.7. The van der Waals surface area contributed by atoms with Gasteiger partial charge in [-0.1, -0.05) is 24.3 Å². The molecule has 2 aromatic carbocycles. The summed E-state index contributed by atoms with van der Waals surface area (Å²) in [4.78, 5) is 4.46. The summed E-state index contributed by atoms with van der Waals surface area (Å²) in [5.74, 6) is 0.286. The minimum absolute atomic E-state index is 0.198. The molecule has 3 nitrogen and oxygen atoms in total. The fourth-order valence-electron chi connectivity index (χ4n) is 3.11. The minimum Gasteiger partial charge on any atom is -0.390 e. The average molecular weight is 373 g/mol. The van der Waals surface area contributed by atoms with Crippen LogP contribution in [0.4, 0.5) is 10.2 Å². The Balaban J connectivity index is 1.69. The number of benzene rings is 2. The summed E-state index contributed by atoms with van der Waals surface area (Å²) >= 11 is 3.18. The molecule has 23 heavy (non-hydrogen) atoms. The molecular weight excluding hydrogens is 359 g/mol. The lowest BCUT2D eigenvalue weighted by Gasteiger charge is -2.19. The number of pyridine rings is 1. The van der Waals surface area contributed by atoms with Gasteiger partial charge in [0.25, 0.3) is 0 Å². The molecule has 1 aromatic heterocycles. The van der Waals surface area contributed by atoms with Gasteiger partial charge >= 0.3 is 0 Å². The minimum atomic E-state index is -0.494. The Kier molecular flexibility index (Phi) is 3.54. The maximum absolute atomic E-state index is 13.7. The van der Waals surface area contributed by atoms with Gasteiger partial charge in [-0.05, 0) is 45.3 Å². The second-order valence-electron chi connectivity index (χ2n) is 5.75. The predicted octanol–water partition coefficient (Wildman–Crippen LogP) is 4.21. The standard InChI is InChI=1S/C18H14BrFN2O/c19-13-7-11-5-6-17(21-15(11)9-14(13)20)22-18-12-4-2-1-3-10(12)8-16(18)23/h1-7,9,16,18,23H,8H2,(H,21,22)/t16-,18+/m1/s1. The van der Waals surface area contributed by atoms with E-state index in [9.17, 15) is 9.50 Å². The van der Waals surface area contributed by atoms with E-state index in [2.05, 4.69) is 26.2 Å². The summed E-state index contributed by atoms with van der Waals surface area (Å²) in [6.45, 7) is 0. The van der Waals surface area contributed by atoms with Crippen molar-refractivity contribution in [3.05, 3.63) is 69.9 Å². The molecule has 0 saturated carbocycles. The zero-order chi connectivity index (χ0) is 16.0. The van der Waals surface area contributed by atoms with Crippen LogP contribution in [-0.4, -0.2) is 16.2 Å². The lowest BCUT2D eigenvalue weighted by atomic mass is 10.1. The molecule has 0 saturated heterocycles. The van der Waals surface area contributed by atoms with Crippen LogP contribution in [0.3, 0.4) is 0 Å². The van der Waals surface area contributed by atoms with Crippen LogP contribution >= 0.6 is 15.9 Å². The molecular formula is C18H14BrFN2O. The molecule has 5 heteroatoms. The fraction of sp³-hybridized carbons (Fsp3) is 0.167. The number of halogens is 2. The lowest BCUT2D eigenvalue weighted by Crippen LogP contribution is -2.21. The van der Waals surface area contributed by atoms with Crippen molar-refractivity contribution in [3.63, 3.8) is 0 Å². The summed E-state index contributed by atoms with van der Waals surface area (Å²) < 4.78 is 14.1. The number of aliphatic hydroxyl groups is 1. The Morgan fingerprint density at radius 3 is 2.87 bits per heavy atom. The van der Waals surface area contributed by atoms with Gasteiger partial charge in [0.1, 0.15) is 11.6 Å². The zero-order valence-electron chi connectivity index (χ0n) is 12.1. The second-order valence-corrected chi connectivity index (χ2v) is 6.60. The van der Waals surface area contributed by atoms with E-state index < -0.39 is 6.10 Å². The van der Waals surface area contributed by atoms with Crippen LogP contribution in [0.1, 0.15) is 17.2 Å². The van der Waals surface area contributed by atoms with Gasteiger partial charge in [-0.2, -0.15) is 0 Å². The number of anilines is 1. The topological polar surface area (TPSA) is 45.1 Å². The number of nitrogens with zero attached hydrogens (tertiary/aromatic N) is 1. The Labute approximate surface area is 141 Å². The highest BCUT2D eigenvalue weighted by atomic mass is 79.9. The number of rotatable bonds is 2. The third-order valence-corrected chi connectivity index (χ3v) is 4.85. The van der Waals surface area contributed by atoms with Crippen molar-refractivity contribution in [2.75, 3.05) is 5.32 Å². The summed E-state index contributed by atoms with van der Waals surface area (Å²) in [5, 5.41) is 14.4. The maximum Gasteiger partial charge on any atom is 0.139 e. The molecule has 0 bridgehead atoms. The Bertz CT molecular complexity index is 899. The van der Waals surface area contributed by atoms with Gasteiger partial charge in [-0.25, -0.2) is 9.37 Å². The third-order valence-electron chi connectivity index (χ3n) is 4.24. The number of aromatic nitrogens is 1. The second kappa shape index (κ2) is 5.58. The molecule has 0 amide bonds. The average Bonchev–Trinajstić information content (AvgIpc) is 2.85. The summed E-state index contributed by atoms with van der Waals surface area (Å²) in [7, 11) is 0. The molecule has 0 spiro atoms. The quantitative estimate of drug-likeness (QED) is 0.708. The van der Waals surface area contributed by atoms with E-state index in [4.69, 9.17) is 0 Å². The van der Waals surface area contributed by atoms with Crippen molar-refractivity contribution in [1.29, 1.82) is 0 Å². The predicted molar refractivity (Wildman–Crippen MR) is 91.9 cm³/mol.